The molecule has 3 heterocycles. The number of nitrogens with zero attached hydrogens (tertiary/aromatic N) is 4. The van der Waals surface area contributed by atoms with Gasteiger partial charge in [-0.05, 0) is 47.7 Å². The van der Waals surface area contributed by atoms with Crippen LogP contribution in [0, 0.1) is 0 Å². The van der Waals surface area contributed by atoms with Crippen LogP contribution in [0.3, 0.4) is 0 Å². The first-order chi connectivity index (χ1) is 18.0. The Balaban J connectivity index is 1.73. The highest BCUT2D eigenvalue weighted by atomic mass is 79.9. The lowest BCUT2D eigenvalue weighted by molar-refractivity contribution is 0.307. The van der Waals surface area contributed by atoms with E-state index in [1.165, 1.54) is 9.13 Å². The van der Waals surface area contributed by atoms with Crippen molar-refractivity contribution >= 4 is 48.2 Å². The fourth-order valence-electron chi connectivity index (χ4n) is 7.12. The van der Waals surface area contributed by atoms with Crippen LogP contribution in [0.1, 0.15) is 76.3 Å². The van der Waals surface area contributed by atoms with Gasteiger partial charge in [0.1, 0.15) is 0 Å². The third-order valence-corrected chi connectivity index (χ3v) is 9.41. The first-order valence-electron chi connectivity index (χ1n) is 13.5. The molecule has 7 rings (SSSR count). The zero-order chi connectivity index (χ0) is 25.4. The average molecular weight is 565 g/mol. The third kappa shape index (κ3) is 3.19. The van der Waals surface area contributed by atoms with E-state index in [0.29, 0.717) is 60.6 Å². The summed E-state index contributed by atoms with van der Waals surface area (Å²) in [6.07, 6.45) is 9.61. The number of rotatable bonds is 2. The SMILES string of the molecule is O=c1c2c(Br)cc3c(O)n(C4CCCCC4)c(=O)c4c5c(c(c(O)n1C1CCCCC1)c2c34)=NCCN=5. The van der Waals surface area contributed by atoms with E-state index in [4.69, 9.17) is 9.98 Å². The van der Waals surface area contributed by atoms with Crippen LogP contribution >= 0.6 is 15.9 Å². The summed E-state index contributed by atoms with van der Waals surface area (Å²) in [5, 5.41) is 26.9. The molecule has 2 saturated carbocycles. The molecule has 192 valence electrons. The lowest BCUT2D eigenvalue weighted by atomic mass is 9.91. The van der Waals surface area contributed by atoms with Crippen LogP contribution in [0.4, 0.5) is 0 Å². The molecule has 4 aromatic rings. The molecular formula is C28H29BrN4O4. The van der Waals surface area contributed by atoms with Crippen molar-refractivity contribution in [2.45, 2.75) is 76.3 Å². The maximum absolute atomic E-state index is 14.1. The smallest absolute Gasteiger partial charge is 0.263 e. The van der Waals surface area contributed by atoms with Crippen LogP contribution in [-0.2, 0) is 0 Å². The molecule has 37 heavy (non-hydrogen) atoms. The van der Waals surface area contributed by atoms with Crippen LogP contribution in [0.15, 0.2) is 30.1 Å². The quantitative estimate of drug-likeness (QED) is 0.353. The number of halogens is 1. The van der Waals surface area contributed by atoms with E-state index in [-0.39, 0.29) is 35.0 Å². The van der Waals surface area contributed by atoms with Crippen molar-refractivity contribution < 1.29 is 10.2 Å². The van der Waals surface area contributed by atoms with Crippen molar-refractivity contribution in [3.63, 3.8) is 0 Å². The van der Waals surface area contributed by atoms with E-state index in [0.717, 1.165) is 64.2 Å². The van der Waals surface area contributed by atoms with Gasteiger partial charge in [0.05, 0.1) is 40.0 Å². The monoisotopic (exact) mass is 564 g/mol. The number of hydrogen-bond acceptors (Lipinski definition) is 6. The number of pyridine rings is 2. The summed E-state index contributed by atoms with van der Waals surface area (Å²) < 4.78 is 3.62. The van der Waals surface area contributed by atoms with Gasteiger partial charge in [-0.1, -0.05) is 38.5 Å². The molecule has 0 unspecified atom stereocenters. The fraction of sp³-hybridized carbons (Fsp3) is 0.500. The predicted octanol–water partition coefficient (Wildman–Crippen LogP) is 4.34. The van der Waals surface area contributed by atoms with Gasteiger partial charge in [-0.15, -0.1) is 0 Å². The van der Waals surface area contributed by atoms with Crippen molar-refractivity contribution in [1.82, 2.24) is 9.13 Å². The molecule has 2 aliphatic carbocycles. The molecule has 0 amide bonds. The maximum Gasteiger partial charge on any atom is 0.263 e. The van der Waals surface area contributed by atoms with Crippen molar-refractivity contribution in [3.8, 4) is 11.8 Å². The lowest BCUT2D eigenvalue weighted by Crippen LogP contribution is -2.39. The van der Waals surface area contributed by atoms with Gasteiger partial charge in [-0.2, -0.15) is 0 Å². The second-order valence-corrected chi connectivity index (χ2v) is 11.7. The van der Waals surface area contributed by atoms with Gasteiger partial charge in [-0.3, -0.25) is 28.7 Å². The van der Waals surface area contributed by atoms with Crippen LogP contribution in [-0.4, -0.2) is 32.4 Å². The molecule has 2 N–H and O–H groups in total. The van der Waals surface area contributed by atoms with Crippen molar-refractivity contribution in [3.05, 3.63) is 42.0 Å². The van der Waals surface area contributed by atoms with Crippen molar-refractivity contribution in [2.75, 3.05) is 13.1 Å². The molecular weight excluding hydrogens is 536 g/mol. The molecule has 3 aliphatic rings. The Morgan fingerprint density at radius 3 is 1.78 bits per heavy atom. The topological polar surface area (TPSA) is 109 Å². The summed E-state index contributed by atoms with van der Waals surface area (Å²) in [5.74, 6) is -0.198. The summed E-state index contributed by atoms with van der Waals surface area (Å²) in [5.41, 5.74) is -0.578. The van der Waals surface area contributed by atoms with E-state index in [1.54, 1.807) is 6.07 Å². The van der Waals surface area contributed by atoms with Crippen molar-refractivity contribution in [2.24, 2.45) is 9.98 Å². The number of hydrogen-bond donors (Lipinski definition) is 2. The first-order valence-corrected chi connectivity index (χ1v) is 14.3. The average Bonchev–Trinajstić information content (AvgIpc) is 2.91. The summed E-state index contributed by atoms with van der Waals surface area (Å²) in [6, 6.07) is 1.58. The van der Waals surface area contributed by atoms with Crippen molar-refractivity contribution in [1.29, 1.82) is 0 Å². The lowest BCUT2D eigenvalue weighted by Gasteiger charge is -2.28. The third-order valence-electron chi connectivity index (χ3n) is 8.78. The van der Waals surface area contributed by atoms with Gasteiger partial charge in [0.2, 0.25) is 11.8 Å². The van der Waals surface area contributed by atoms with E-state index < -0.39 is 0 Å². The second kappa shape index (κ2) is 8.55. The summed E-state index contributed by atoms with van der Waals surface area (Å²) >= 11 is 3.63. The number of aromatic hydroxyl groups is 2. The van der Waals surface area contributed by atoms with E-state index in [1.807, 2.05) is 0 Å². The first kappa shape index (κ1) is 23.2. The van der Waals surface area contributed by atoms with E-state index in [2.05, 4.69) is 15.9 Å². The van der Waals surface area contributed by atoms with Crippen LogP contribution < -0.4 is 21.8 Å². The van der Waals surface area contributed by atoms with Gasteiger partial charge >= 0.3 is 0 Å². The van der Waals surface area contributed by atoms with Gasteiger partial charge in [0, 0.05) is 32.7 Å². The molecule has 0 radical (unpaired) electrons. The van der Waals surface area contributed by atoms with Crippen LogP contribution in [0.5, 0.6) is 11.8 Å². The Labute approximate surface area is 220 Å². The zero-order valence-corrected chi connectivity index (χ0v) is 22.2. The normalized spacial score (nSPS) is 19.4. The van der Waals surface area contributed by atoms with Gasteiger partial charge in [0.25, 0.3) is 11.1 Å². The fourth-order valence-corrected chi connectivity index (χ4v) is 7.71. The highest BCUT2D eigenvalue weighted by molar-refractivity contribution is 9.10. The predicted molar refractivity (Wildman–Crippen MR) is 146 cm³/mol. The molecule has 0 saturated heterocycles. The molecule has 8 nitrogen and oxygen atoms in total. The molecule has 2 aromatic carbocycles. The largest absolute Gasteiger partial charge is 0.494 e. The summed E-state index contributed by atoms with van der Waals surface area (Å²) in [4.78, 5) is 37.6. The second-order valence-electron chi connectivity index (χ2n) is 10.8. The minimum absolute atomic E-state index is 0.0862. The van der Waals surface area contributed by atoms with Gasteiger partial charge in [0.15, 0.2) is 0 Å². The zero-order valence-electron chi connectivity index (χ0n) is 20.6. The molecule has 2 fully saturated rings. The Hall–Kier alpha value is -2.94. The Bertz CT molecular complexity index is 1830. The maximum atomic E-state index is 14.1. The van der Waals surface area contributed by atoms with Crippen LogP contribution in [0.25, 0.3) is 32.3 Å². The van der Waals surface area contributed by atoms with E-state index in [9.17, 15) is 19.8 Å². The standard InChI is InChI=1S/C28H29BrN4O4/c29-17-13-16-18-20-19(17)26(35)33(15-9-5-2-6-10-15)28(37)22(20)24-23(30-11-12-31-24)21(18)27(36)32(25(16)34)14-7-3-1-4-8-14/h13-15,34,37H,1-12H2. The Kier molecular flexibility index (Phi) is 5.36. The van der Waals surface area contributed by atoms with Gasteiger partial charge in [-0.25, -0.2) is 0 Å². The van der Waals surface area contributed by atoms with E-state index >= 15 is 0 Å². The highest BCUT2D eigenvalue weighted by Gasteiger charge is 2.31. The minimum atomic E-state index is -0.296. The number of benzene rings is 2. The summed E-state index contributed by atoms with van der Waals surface area (Å²) in [7, 11) is 0. The molecule has 0 bridgehead atoms. The molecule has 9 heteroatoms. The highest BCUT2D eigenvalue weighted by Crippen LogP contribution is 2.42. The molecule has 0 spiro atoms. The Morgan fingerprint density at radius 1 is 0.676 bits per heavy atom. The van der Waals surface area contributed by atoms with Gasteiger partial charge < -0.3 is 10.2 Å². The molecule has 2 aromatic heterocycles. The van der Waals surface area contributed by atoms with Crippen LogP contribution in [0.2, 0.25) is 0 Å². The molecule has 0 atom stereocenters. The Morgan fingerprint density at radius 2 is 1.19 bits per heavy atom. The number of aromatic nitrogens is 2. The summed E-state index contributed by atoms with van der Waals surface area (Å²) in [6.45, 7) is 0.895. The minimum Gasteiger partial charge on any atom is -0.494 e. The number of fused-ring (bicyclic) bond motifs is 3. The molecule has 1 aliphatic heterocycles.